The molecule has 1 atom stereocenters. The molecule has 0 aromatic carbocycles. The van der Waals surface area contributed by atoms with E-state index in [0.29, 0.717) is 18.8 Å². The number of aryl methyl sites for hydroxylation is 3. The molecule has 2 rings (SSSR count). The fraction of sp³-hybridized carbons (Fsp3) is 0.500. The van der Waals surface area contributed by atoms with Crippen LogP contribution in [0, 0.1) is 19.8 Å². The lowest BCUT2D eigenvalue weighted by Crippen LogP contribution is -2.31. The standard InChI is InChI=1S/C16H25N5O3S/c1-11(9-21-13(3)6-12(2)19-21)8-18-16(22)15-7-14(10-20(15)5)25(23,24)17-4/h6-7,10-11,17H,8-9H2,1-5H3,(H,18,22)/t11-/m0/s1. The third-order valence-corrected chi connectivity index (χ3v) is 5.37. The van der Waals surface area contributed by atoms with Crippen LogP contribution in [-0.2, 0) is 23.6 Å². The van der Waals surface area contributed by atoms with Gasteiger partial charge < -0.3 is 9.88 Å². The molecule has 0 saturated heterocycles. The molecule has 0 aliphatic heterocycles. The lowest BCUT2D eigenvalue weighted by Gasteiger charge is -2.14. The summed E-state index contributed by atoms with van der Waals surface area (Å²) in [5.41, 5.74) is 2.35. The number of nitrogens with zero attached hydrogens (tertiary/aromatic N) is 3. The van der Waals surface area contributed by atoms with E-state index in [4.69, 9.17) is 0 Å². The Balaban J connectivity index is 1.99. The van der Waals surface area contributed by atoms with Crippen molar-refractivity contribution in [2.75, 3.05) is 13.6 Å². The Bertz CT molecular complexity index is 866. The maximum atomic E-state index is 12.4. The van der Waals surface area contributed by atoms with Crippen molar-refractivity contribution in [1.82, 2.24) is 24.4 Å². The SMILES string of the molecule is CNS(=O)(=O)c1cc(C(=O)NC[C@H](C)Cn2nc(C)cc2C)n(C)c1. The molecule has 0 radical (unpaired) electrons. The van der Waals surface area contributed by atoms with Gasteiger partial charge in [-0.15, -0.1) is 0 Å². The van der Waals surface area contributed by atoms with E-state index < -0.39 is 10.0 Å². The number of nitrogens with one attached hydrogen (secondary N) is 2. The van der Waals surface area contributed by atoms with Gasteiger partial charge in [0.2, 0.25) is 10.0 Å². The van der Waals surface area contributed by atoms with Gasteiger partial charge in [0.05, 0.1) is 5.69 Å². The van der Waals surface area contributed by atoms with E-state index >= 15 is 0 Å². The molecule has 8 nitrogen and oxygen atoms in total. The van der Waals surface area contributed by atoms with Crippen LogP contribution >= 0.6 is 0 Å². The van der Waals surface area contributed by atoms with Gasteiger partial charge >= 0.3 is 0 Å². The van der Waals surface area contributed by atoms with Gasteiger partial charge in [-0.3, -0.25) is 9.48 Å². The fourth-order valence-corrected chi connectivity index (χ4v) is 3.40. The highest BCUT2D eigenvalue weighted by Gasteiger charge is 2.19. The van der Waals surface area contributed by atoms with Crippen molar-refractivity contribution < 1.29 is 13.2 Å². The third-order valence-electron chi connectivity index (χ3n) is 3.99. The molecule has 9 heteroatoms. The summed E-state index contributed by atoms with van der Waals surface area (Å²) < 4.78 is 29.3. The second-order valence-corrected chi connectivity index (χ2v) is 8.19. The minimum absolute atomic E-state index is 0.0679. The van der Waals surface area contributed by atoms with E-state index in [1.807, 2.05) is 31.5 Å². The second kappa shape index (κ2) is 7.40. The number of rotatable bonds is 7. The summed E-state index contributed by atoms with van der Waals surface area (Å²) in [5, 5.41) is 7.27. The molecule has 25 heavy (non-hydrogen) atoms. The van der Waals surface area contributed by atoms with Crippen LogP contribution in [0.5, 0.6) is 0 Å². The molecule has 0 spiro atoms. The molecular weight excluding hydrogens is 342 g/mol. The van der Waals surface area contributed by atoms with Crippen LogP contribution in [0.3, 0.4) is 0 Å². The zero-order valence-electron chi connectivity index (χ0n) is 15.2. The van der Waals surface area contributed by atoms with E-state index in [0.717, 1.165) is 11.4 Å². The Hall–Kier alpha value is -2.13. The molecule has 2 aromatic rings. The summed E-state index contributed by atoms with van der Waals surface area (Å²) in [6.07, 6.45) is 1.42. The number of amides is 1. The number of hydrogen-bond donors (Lipinski definition) is 2. The summed E-state index contributed by atoms with van der Waals surface area (Å²) in [7, 11) is -0.592. The van der Waals surface area contributed by atoms with Gasteiger partial charge in [0.1, 0.15) is 10.6 Å². The summed E-state index contributed by atoms with van der Waals surface area (Å²) in [6, 6.07) is 3.38. The Labute approximate surface area is 148 Å². The predicted octanol–water partition coefficient (Wildman–Crippen LogP) is 0.813. The van der Waals surface area contributed by atoms with Gasteiger partial charge in [0.25, 0.3) is 5.91 Å². The number of carbonyl (C=O) groups is 1. The van der Waals surface area contributed by atoms with Crippen LogP contribution in [0.25, 0.3) is 0 Å². The molecular formula is C16H25N5O3S. The highest BCUT2D eigenvalue weighted by Crippen LogP contribution is 2.13. The van der Waals surface area contributed by atoms with E-state index in [9.17, 15) is 13.2 Å². The lowest BCUT2D eigenvalue weighted by atomic mass is 10.2. The van der Waals surface area contributed by atoms with Crippen molar-refractivity contribution >= 4 is 15.9 Å². The summed E-state index contributed by atoms with van der Waals surface area (Å²) in [4.78, 5) is 12.4. The van der Waals surface area contributed by atoms with Crippen molar-refractivity contribution in [3.8, 4) is 0 Å². The second-order valence-electron chi connectivity index (χ2n) is 6.30. The largest absolute Gasteiger partial charge is 0.350 e. The van der Waals surface area contributed by atoms with Gasteiger partial charge in [0, 0.05) is 32.0 Å². The molecule has 0 aliphatic rings. The zero-order valence-corrected chi connectivity index (χ0v) is 16.0. The first-order valence-corrected chi connectivity index (χ1v) is 9.51. The van der Waals surface area contributed by atoms with Crippen LogP contribution in [0.2, 0.25) is 0 Å². The minimum atomic E-state index is -3.57. The van der Waals surface area contributed by atoms with Gasteiger partial charge in [-0.25, -0.2) is 13.1 Å². The van der Waals surface area contributed by atoms with Crippen molar-refractivity contribution in [3.63, 3.8) is 0 Å². The average molecular weight is 367 g/mol. The number of carbonyl (C=O) groups excluding carboxylic acids is 1. The van der Waals surface area contributed by atoms with Crippen LogP contribution < -0.4 is 10.0 Å². The smallest absolute Gasteiger partial charge is 0.267 e. The average Bonchev–Trinajstić information content (AvgIpc) is 3.08. The number of sulfonamides is 1. The van der Waals surface area contributed by atoms with Crippen LogP contribution in [0.1, 0.15) is 28.8 Å². The Morgan fingerprint density at radius 2 is 2.00 bits per heavy atom. The Morgan fingerprint density at radius 1 is 1.32 bits per heavy atom. The molecule has 0 saturated carbocycles. The third kappa shape index (κ3) is 4.49. The quantitative estimate of drug-likeness (QED) is 0.757. The normalized spacial score (nSPS) is 13.0. The van der Waals surface area contributed by atoms with Crippen molar-refractivity contribution in [3.05, 3.63) is 35.4 Å². The first-order chi connectivity index (χ1) is 11.6. The Kier molecular flexibility index (Phi) is 5.69. The van der Waals surface area contributed by atoms with E-state index in [1.54, 1.807) is 7.05 Å². The fourth-order valence-electron chi connectivity index (χ4n) is 2.60. The van der Waals surface area contributed by atoms with Crippen LogP contribution in [0.15, 0.2) is 23.2 Å². The highest BCUT2D eigenvalue weighted by atomic mass is 32.2. The molecule has 0 unspecified atom stereocenters. The Morgan fingerprint density at radius 3 is 2.56 bits per heavy atom. The molecule has 2 N–H and O–H groups in total. The number of hydrogen-bond acceptors (Lipinski definition) is 4. The van der Waals surface area contributed by atoms with Gasteiger partial charge in [-0.1, -0.05) is 6.92 Å². The van der Waals surface area contributed by atoms with E-state index in [2.05, 4.69) is 15.1 Å². The molecule has 2 aromatic heterocycles. The predicted molar refractivity (Wildman–Crippen MR) is 94.9 cm³/mol. The summed E-state index contributed by atoms with van der Waals surface area (Å²) in [5.74, 6) is -0.122. The molecule has 138 valence electrons. The van der Waals surface area contributed by atoms with E-state index in [1.165, 1.54) is 23.9 Å². The molecule has 1 amide bonds. The van der Waals surface area contributed by atoms with Crippen molar-refractivity contribution in [2.24, 2.45) is 13.0 Å². The number of aromatic nitrogens is 3. The van der Waals surface area contributed by atoms with Gasteiger partial charge in [-0.05, 0) is 38.9 Å². The summed E-state index contributed by atoms with van der Waals surface area (Å²) in [6.45, 7) is 7.14. The zero-order chi connectivity index (χ0) is 18.8. The highest BCUT2D eigenvalue weighted by molar-refractivity contribution is 7.89. The van der Waals surface area contributed by atoms with Gasteiger partial charge in [0.15, 0.2) is 0 Å². The molecule has 2 heterocycles. The monoisotopic (exact) mass is 367 g/mol. The summed E-state index contributed by atoms with van der Waals surface area (Å²) >= 11 is 0. The van der Waals surface area contributed by atoms with Crippen LogP contribution in [-0.4, -0.2) is 42.3 Å². The maximum absolute atomic E-state index is 12.4. The first kappa shape index (κ1) is 19.2. The molecule has 0 fully saturated rings. The minimum Gasteiger partial charge on any atom is -0.350 e. The van der Waals surface area contributed by atoms with Crippen molar-refractivity contribution in [2.45, 2.75) is 32.2 Å². The maximum Gasteiger partial charge on any atom is 0.267 e. The first-order valence-electron chi connectivity index (χ1n) is 8.03. The van der Waals surface area contributed by atoms with E-state index in [-0.39, 0.29) is 16.7 Å². The van der Waals surface area contributed by atoms with Crippen LogP contribution in [0.4, 0.5) is 0 Å². The molecule has 0 bridgehead atoms. The molecule has 0 aliphatic carbocycles. The van der Waals surface area contributed by atoms with Gasteiger partial charge in [-0.2, -0.15) is 5.10 Å². The van der Waals surface area contributed by atoms with Crippen molar-refractivity contribution in [1.29, 1.82) is 0 Å². The lowest BCUT2D eigenvalue weighted by molar-refractivity contribution is 0.0938. The topological polar surface area (TPSA) is 98.0 Å².